The van der Waals surface area contributed by atoms with Gasteiger partial charge in [0.1, 0.15) is 11.5 Å². The molecule has 0 bridgehead atoms. The fraction of sp³-hybridized carbons (Fsp3) is 0.200. The molecule has 1 N–H and O–H groups in total. The fourth-order valence-electron chi connectivity index (χ4n) is 2.09. The van der Waals surface area contributed by atoms with Crippen LogP contribution in [0, 0.1) is 15.9 Å². The van der Waals surface area contributed by atoms with E-state index in [1.165, 1.54) is 6.07 Å². The van der Waals surface area contributed by atoms with Crippen LogP contribution in [0.1, 0.15) is 24.9 Å². The Balaban J connectivity index is 2.32. The fourth-order valence-corrected chi connectivity index (χ4v) is 2.35. The highest BCUT2D eigenvalue weighted by Gasteiger charge is 2.18. The van der Waals surface area contributed by atoms with E-state index >= 15 is 0 Å². The Labute approximate surface area is 130 Å². The van der Waals surface area contributed by atoms with Gasteiger partial charge in [-0.2, -0.15) is 0 Å². The largest absolute Gasteiger partial charge is 0.373 e. The van der Waals surface area contributed by atoms with Gasteiger partial charge in [0.25, 0.3) is 5.69 Å². The molecule has 0 radical (unpaired) electrons. The van der Waals surface area contributed by atoms with E-state index in [0.29, 0.717) is 0 Å². The van der Waals surface area contributed by atoms with Crippen molar-refractivity contribution in [2.75, 3.05) is 5.32 Å². The third-order valence-electron chi connectivity index (χ3n) is 3.17. The Hall–Kier alpha value is -1.95. The average molecular weight is 353 g/mol. The van der Waals surface area contributed by atoms with Gasteiger partial charge in [-0.3, -0.25) is 10.1 Å². The number of benzene rings is 2. The molecule has 1 unspecified atom stereocenters. The first-order valence-electron chi connectivity index (χ1n) is 6.47. The Bertz CT molecular complexity index is 647. The van der Waals surface area contributed by atoms with Crippen molar-refractivity contribution in [2.45, 2.75) is 19.4 Å². The summed E-state index contributed by atoms with van der Waals surface area (Å²) in [7, 11) is 0. The van der Waals surface area contributed by atoms with Gasteiger partial charge in [0.05, 0.1) is 11.0 Å². The third-order valence-corrected chi connectivity index (χ3v) is 3.69. The van der Waals surface area contributed by atoms with Gasteiger partial charge in [0, 0.05) is 16.6 Å². The molecule has 21 heavy (non-hydrogen) atoms. The van der Waals surface area contributed by atoms with E-state index in [2.05, 4.69) is 21.2 Å². The van der Waals surface area contributed by atoms with E-state index in [4.69, 9.17) is 0 Å². The minimum absolute atomic E-state index is 0.126. The summed E-state index contributed by atoms with van der Waals surface area (Å²) < 4.78 is 14.3. The van der Waals surface area contributed by atoms with Crippen molar-refractivity contribution in [1.82, 2.24) is 0 Å². The number of hydrogen-bond donors (Lipinski definition) is 1. The van der Waals surface area contributed by atoms with Crippen molar-refractivity contribution in [3.8, 4) is 0 Å². The van der Waals surface area contributed by atoms with Crippen molar-refractivity contribution >= 4 is 27.3 Å². The highest BCUT2D eigenvalue weighted by molar-refractivity contribution is 9.10. The number of nitro groups is 1. The highest BCUT2D eigenvalue weighted by Crippen LogP contribution is 2.30. The van der Waals surface area contributed by atoms with E-state index in [1.807, 2.05) is 31.2 Å². The van der Waals surface area contributed by atoms with Gasteiger partial charge in [-0.15, -0.1) is 0 Å². The lowest BCUT2D eigenvalue weighted by atomic mass is 10.0. The third kappa shape index (κ3) is 3.78. The summed E-state index contributed by atoms with van der Waals surface area (Å²) in [6.07, 6.45) is 0.718. The zero-order chi connectivity index (χ0) is 15.4. The Kier molecular flexibility index (Phi) is 4.90. The van der Waals surface area contributed by atoms with Gasteiger partial charge in [0.15, 0.2) is 0 Å². The summed E-state index contributed by atoms with van der Waals surface area (Å²) in [5, 5.41) is 14.1. The molecule has 0 aliphatic heterocycles. The Morgan fingerprint density at radius 2 is 1.95 bits per heavy atom. The summed E-state index contributed by atoms with van der Waals surface area (Å²) >= 11 is 3.36. The van der Waals surface area contributed by atoms with Crippen molar-refractivity contribution in [2.24, 2.45) is 0 Å². The molecule has 0 aliphatic rings. The lowest BCUT2D eigenvalue weighted by molar-refractivity contribution is -0.384. The van der Waals surface area contributed by atoms with Crippen LogP contribution in [-0.4, -0.2) is 4.92 Å². The van der Waals surface area contributed by atoms with Crippen LogP contribution >= 0.6 is 15.9 Å². The standard InChI is InChI=1S/C15H14BrFN2O2/c1-2-13(10-3-5-11(16)6-4-10)18-14-9-12(17)7-8-15(14)19(20)21/h3-9,13,18H,2H2,1H3. The molecule has 0 fully saturated rings. The van der Waals surface area contributed by atoms with Crippen LogP contribution < -0.4 is 5.32 Å². The highest BCUT2D eigenvalue weighted by atomic mass is 79.9. The molecule has 0 spiro atoms. The molecule has 110 valence electrons. The van der Waals surface area contributed by atoms with Gasteiger partial charge in [0.2, 0.25) is 0 Å². The second kappa shape index (κ2) is 6.67. The molecule has 0 saturated carbocycles. The minimum atomic E-state index is -0.518. The van der Waals surface area contributed by atoms with Gasteiger partial charge < -0.3 is 5.32 Å². The molecule has 1 atom stereocenters. The van der Waals surface area contributed by atoms with E-state index in [0.717, 1.165) is 28.6 Å². The molecule has 0 saturated heterocycles. The topological polar surface area (TPSA) is 55.2 Å². The second-order valence-electron chi connectivity index (χ2n) is 4.58. The zero-order valence-corrected chi connectivity index (χ0v) is 12.9. The van der Waals surface area contributed by atoms with Crippen molar-refractivity contribution in [1.29, 1.82) is 0 Å². The van der Waals surface area contributed by atoms with Crippen molar-refractivity contribution < 1.29 is 9.31 Å². The monoisotopic (exact) mass is 352 g/mol. The number of nitrogens with zero attached hydrogens (tertiary/aromatic N) is 1. The molecule has 0 aromatic heterocycles. The van der Waals surface area contributed by atoms with Crippen molar-refractivity contribution in [3.63, 3.8) is 0 Å². The predicted octanol–water partition coefficient (Wildman–Crippen LogP) is 5.06. The first kappa shape index (κ1) is 15.4. The average Bonchev–Trinajstić information content (AvgIpc) is 2.45. The van der Waals surface area contributed by atoms with E-state index in [-0.39, 0.29) is 17.4 Å². The first-order chi connectivity index (χ1) is 10.0. The first-order valence-corrected chi connectivity index (χ1v) is 7.26. The molecule has 6 heteroatoms. The Morgan fingerprint density at radius 1 is 1.29 bits per heavy atom. The van der Waals surface area contributed by atoms with E-state index in [9.17, 15) is 14.5 Å². The molecular formula is C15H14BrFN2O2. The molecule has 0 aliphatic carbocycles. The summed E-state index contributed by atoms with van der Waals surface area (Å²) in [6, 6.07) is 10.9. The Morgan fingerprint density at radius 3 is 2.52 bits per heavy atom. The van der Waals surface area contributed by atoms with E-state index < -0.39 is 10.7 Å². The van der Waals surface area contributed by atoms with Crippen LogP contribution in [0.2, 0.25) is 0 Å². The number of nitrogens with one attached hydrogen (secondary N) is 1. The second-order valence-corrected chi connectivity index (χ2v) is 5.49. The number of hydrogen-bond acceptors (Lipinski definition) is 3. The summed E-state index contributed by atoms with van der Waals surface area (Å²) in [5.74, 6) is -0.506. The van der Waals surface area contributed by atoms with Crippen LogP contribution in [0.15, 0.2) is 46.9 Å². The van der Waals surface area contributed by atoms with E-state index in [1.54, 1.807) is 0 Å². The predicted molar refractivity (Wildman–Crippen MR) is 83.9 cm³/mol. The van der Waals surface area contributed by atoms with Crippen molar-refractivity contribution in [3.05, 3.63) is 68.4 Å². The molecular weight excluding hydrogens is 339 g/mol. The maximum absolute atomic E-state index is 13.4. The quantitative estimate of drug-likeness (QED) is 0.604. The van der Waals surface area contributed by atoms with Crippen LogP contribution in [0.5, 0.6) is 0 Å². The lowest BCUT2D eigenvalue weighted by Crippen LogP contribution is -2.11. The smallest absolute Gasteiger partial charge is 0.292 e. The maximum atomic E-state index is 13.4. The SMILES string of the molecule is CCC(Nc1cc(F)ccc1[N+](=O)[O-])c1ccc(Br)cc1. The number of halogens is 2. The van der Waals surface area contributed by atoms with Gasteiger partial charge in [-0.25, -0.2) is 4.39 Å². The van der Waals surface area contributed by atoms with Crippen LogP contribution in [0.3, 0.4) is 0 Å². The van der Waals surface area contributed by atoms with Gasteiger partial charge in [-0.05, 0) is 30.2 Å². The zero-order valence-electron chi connectivity index (χ0n) is 11.3. The van der Waals surface area contributed by atoms with Crippen LogP contribution in [0.4, 0.5) is 15.8 Å². The lowest BCUT2D eigenvalue weighted by Gasteiger charge is -2.19. The van der Waals surface area contributed by atoms with Gasteiger partial charge >= 0.3 is 0 Å². The molecule has 0 amide bonds. The summed E-state index contributed by atoms with van der Waals surface area (Å²) in [4.78, 5) is 10.5. The molecule has 4 nitrogen and oxygen atoms in total. The normalized spacial score (nSPS) is 12.0. The molecule has 2 aromatic carbocycles. The summed E-state index contributed by atoms with van der Waals surface area (Å²) in [6.45, 7) is 1.96. The number of rotatable bonds is 5. The number of nitro benzene ring substituents is 1. The molecule has 2 aromatic rings. The van der Waals surface area contributed by atoms with Crippen LogP contribution in [0.25, 0.3) is 0 Å². The molecule has 0 heterocycles. The minimum Gasteiger partial charge on any atom is -0.373 e. The van der Waals surface area contributed by atoms with Gasteiger partial charge in [-0.1, -0.05) is 35.0 Å². The maximum Gasteiger partial charge on any atom is 0.292 e. The summed E-state index contributed by atoms with van der Waals surface area (Å²) in [5.41, 5.74) is 1.04. The van der Waals surface area contributed by atoms with Crippen LogP contribution in [-0.2, 0) is 0 Å². The molecule has 2 rings (SSSR count). The number of anilines is 1.